The van der Waals surface area contributed by atoms with Crippen LogP contribution in [0.2, 0.25) is 0 Å². The summed E-state index contributed by atoms with van der Waals surface area (Å²) < 4.78 is 9.13. The van der Waals surface area contributed by atoms with Gasteiger partial charge in [0.15, 0.2) is 0 Å². The van der Waals surface area contributed by atoms with Crippen molar-refractivity contribution in [1.29, 1.82) is 0 Å². The number of benzene rings is 1. The second-order valence-corrected chi connectivity index (χ2v) is 10.4. The van der Waals surface area contributed by atoms with Gasteiger partial charge in [-0.25, -0.2) is 9.59 Å². The van der Waals surface area contributed by atoms with Crippen LogP contribution in [-0.4, -0.2) is 61.0 Å². The van der Waals surface area contributed by atoms with Crippen molar-refractivity contribution >= 4 is 27.9 Å². The Morgan fingerprint density at radius 3 is 2.63 bits per heavy atom. The molecule has 3 aromatic heterocycles. The molecule has 2 fully saturated rings. The number of ether oxygens (including phenoxy) is 1. The van der Waals surface area contributed by atoms with Gasteiger partial charge in [-0.15, -0.1) is 0 Å². The lowest BCUT2D eigenvalue weighted by atomic mass is 9.99. The van der Waals surface area contributed by atoms with E-state index in [-0.39, 0.29) is 30.5 Å². The predicted octanol–water partition coefficient (Wildman–Crippen LogP) is 4.05. The lowest BCUT2D eigenvalue weighted by Crippen LogP contribution is -2.41. The molecule has 4 aromatic rings. The SMILES string of the molecule is O=C(OC1CC1)N1CCC(n2c(=O)n(Cc3ncc4ccccc4c3CCCCO)c3cnccc32)CC1. The van der Waals surface area contributed by atoms with Gasteiger partial charge in [-0.1, -0.05) is 24.3 Å². The van der Waals surface area contributed by atoms with E-state index in [9.17, 15) is 14.7 Å². The fourth-order valence-corrected chi connectivity index (χ4v) is 5.59. The Balaban J connectivity index is 1.32. The number of nitrogens with zero attached hydrogens (tertiary/aromatic N) is 5. The molecule has 1 saturated heterocycles. The number of imidazole rings is 1. The summed E-state index contributed by atoms with van der Waals surface area (Å²) in [5.41, 5.74) is 3.54. The fourth-order valence-electron chi connectivity index (χ4n) is 5.59. The van der Waals surface area contributed by atoms with Gasteiger partial charge in [0.05, 0.1) is 29.5 Å². The zero-order chi connectivity index (χ0) is 26.1. The highest BCUT2D eigenvalue weighted by Crippen LogP contribution is 2.29. The Bertz CT molecular complexity index is 1510. The average molecular weight is 516 g/mol. The van der Waals surface area contributed by atoms with E-state index in [1.165, 1.54) is 0 Å². The third-order valence-corrected chi connectivity index (χ3v) is 7.78. The number of carbonyl (C=O) groups is 1. The van der Waals surface area contributed by atoms with Gasteiger partial charge in [0.1, 0.15) is 6.10 Å². The van der Waals surface area contributed by atoms with Gasteiger partial charge in [-0.3, -0.25) is 19.1 Å². The van der Waals surface area contributed by atoms with E-state index in [2.05, 4.69) is 17.1 Å². The Morgan fingerprint density at radius 2 is 1.84 bits per heavy atom. The summed E-state index contributed by atoms with van der Waals surface area (Å²) in [6.07, 6.45) is 10.9. The van der Waals surface area contributed by atoms with Crippen molar-refractivity contribution in [1.82, 2.24) is 24.0 Å². The van der Waals surface area contributed by atoms with Crippen molar-refractivity contribution in [3.8, 4) is 0 Å². The minimum atomic E-state index is -0.235. The number of aliphatic hydroxyl groups is 1. The number of unbranched alkanes of at least 4 members (excludes halogenated alkanes) is 1. The number of aryl methyl sites for hydroxylation is 1. The first-order chi connectivity index (χ1) is 18.6. The molecule has 1 aliphatic heterocycles. The van der Waals surface area contributed by atoms with Crippen LogP contribution in [0.25, 0.3) is 21.8 Å². The molecule has 1 amide bonds. The molecule has 0 unspecified atom stereocenters. The highest BCUT2D eigenvalue weighted by atomic mass is 16.6. The van der Waals surface area contributed by atoms with E-state index in [1.54, 1.807) is 21.9 Å². The number of pyridine rings is 2. The molecule has 0 atom stereocenters. The monoisotopic (exact) mass is 515 g/mol. The molecule has 6 rings (SSSR count). The number of aliphatic hydroxyl groups excluding tert-OH is 1. The van der Waals surface area contributed by atoms with Crippen molar-refractivity contribution in [2.24, 2.45) is 0 Å². The Kier molecular flexibility index (Phi) is 6.84. The van der Waals surface area contributed by atoms with Crippen molar-refractivity contribution in [2.75, 3.05) is 19.7 Å². The molecular formula is C29H33N5O4. The largest absolute Gasteiger partial charge is 0.446 e. The predicted molar refractivity (Wildman–Crippen MR) is 144 cm³/mol. The maximum Gasteiger partial charge on any atom is 0.410 e. The number of likely N-dealkylation sites (tertiary alicyclic amines) is 1. The molecular weight excluding hydrogens is 482 g/mol. The summed E-state index contributed by atoms with van der Waals surface area (Å²) in [6.45, 7) is 1.65. The van der Waals surface area contributed by atoms with Gasteiger partial charge in [-0.05, 0) is 62.0 Å². The molecule has 0 radical (unpaired) electrons. The van der Waals surface area contributed by atoms with E-state index >= 15 is 0 Å². The molecule has 38 heavy (non-hydrogen) atoms. The number of piperidine rings is 1. The average Bonchev–Trinajstić information content (AvgIpc) is 3.72. The number of hydrogen-bond donors (Lipinski definition) is 1. The summed E-state index contributed by atoms with van der Waals surface area (Å²) in [5.74, 6) is 0. The Morgan fingerprint density at radius 1 is 1.03 bits per heavy atom. The standard InChI is InChI=1S/C29H33N5O4/c35-16-4-3-7-24-23-6-2-1-5-20(23)17-31-25(24)19-33-27-18-30-13-10-26(27)34(28(33)36)21-11-14-32(15-12-21)29(37)38-22-8-9-22/h1-2,5-6,10,13,17-18,21-22,35H,3-4,7-9,11-12,14-16,19H2. The zero-order valence-corrected chi connectivity index (χ0v) is 21.5. The highest BCUT2D eigenvalue weighted by molar-refractivity contribution is 5.85. The zero-order valence-electron chi connectivity index (χ0n) is 21.5. The van der Waals surface area contributed by atoms with Gasteiger partial charge in [0, 0.05) is 43.5 Å². The van der Waals surface area contributed by atoms with Crippen LogP contribution >= 0.6 is 0 Å². The summed E-state index contributed by atoms with van der Waals surface area (Å²) >= 11 is 0. The smallest absolute Gasteiger partial charge is 0.410 e. The Hall–Kier alpha value is -3.72. The molecule has 1 aromatic carbocycles. The molecule has 0 spiro atoms. The summed E-state index contributed by atoms with van der Waals surface area (Å²) in [6, 6.07) is 10.1. The fraction of sp³-hybridized carbons (Fsp3) is 0.448. The first-order valence-electron chi connectivity index (χ1n) is 13.6. The van der Waals surface area contributed by atoms with E-state index < -0.39 is 0 Å². The quantitative estimate of drug-likeness (QED) is 0.355. The second-order valence-electron chi connectivity index (χ2n) is 10.4. The molecule has 9 heteroatoms. The summed E-state index contributed by atoms with van der Waals surface area (Å²) in [4.78, 5) is 37.2. The maximum absolute atomic E-state index is 13.9. The van der Waals surface area contributed by atoms with E-state index in [4.69, 9.17) is 9.72 Å². The third-order valence-electron chi connectivity index (χ3n) is 7.78. The molecule has 2 aliphatic rings. The molecule has 1 saturated carbocycles. The number of amides is 1. The molecule has 198 valence electrons. The number of carbonyl (C=O) groups excluding carboxylic acids is 1. The highest BCUT2D eigenvalue weighted by Gasteiger charge is 2.32. The topological polar surface area (TPSA) is 102 Å². The maximum atomic E-state index is 13.9. The number of fused-ring (bicyclic) bond motifs is 2. The van der Waals surface area contributed by atoms with Gasteiger partial charge in [-0.2, -0.15) is 0 Å². The molecule has 1 N–H and O–H groups in total. The molecule has 0 bridgehead atoms. The summed E-state index contributed by atoms with van der Waals surface area (Å²) in [5, 5.41) is 11.5. The lowest BCUT2D eigenvalue weighted by molar-refractivity contribution is 0.0829. The normalized spacial score (nSPS) is 16.4. The van der Waals surface area contributed by atoms with Crippen LogP contribution in [0.5, 0.6) is 0 Å². The first kappa shape index (κ1) is 24.6. The van der Waals surface area contributed by atoms with Crippen LogP contribution in [0, 0.1) is 0 Å². The van der Waals surface area contributed by atoms with Crippen LogP contribution in [0.4, 0.5) is 4.79 Å². The van der Waals surface area contributed by atoms with Crippen LogP contribution in [-0.2, 0) is 17.7 Å². The minimum absolute atomic E-state index is 0.00721. The van der Waals surface area contributed by atoms with Crippen LogP contribution < -0.4 is 5.69 Å². The summed E-state index contributed by atoms with van der Waals surface area (Å²) in [7, 11) is 0. The lowest BCUT2D eigenvalue weighted by Gasteiger charge is -2.31. The van der Waals surface area contributed by atoms with Crippen molar-refractivity contribution in [3.05, 3.63) is 70.7 Å². The van der Waals surface area contributed by atoms with Crippen molar-refractivity contribution in [3.63, 3.8) is 0 Å². The van der Waals surface area contributed by atoms with Gasteiger partial charge < -0.3 is 14.7 Å². The van der Waals surface area contributed by atoms with E-state index in [0.717, 1.165) is 65.2 Å². The van der Waals surface area contributed by atoms with Gasteiger partial charge >= 0.3 is 11.8 Å². The van der Waals surface area contributed by atoms with E-state index in [1.807, 2.05) is 29.0 Å². The van der Waals surface area contributed by atoms with Crippen LogP contribution in [0.3, 0.4) is 0 Å². The van der Waals surface area contributed by atoms with E-state index in [0.29, 0.717) is 32.5 Å². The Labute approximate surface area is 220 Å². The van der Waals surface area contributed by atoms with Crippen LogP contribution in [0.1, 0.15) is 55.8 Å². The second kappa shape index (κ2) is 10.6. The first-order valence-corrected chi connectivity index (χ1v) is 13.6. The van der Waals surface area contributed by atoms with Gasteiger partial charge in [0.25, 0.3) is 0 Å². The number of aromatic nitrogens is 4. The number of rotatable bonds is 8. The molecule has 4 heterocycles. The third kappa shape index (κ3) is 4.78. The van der Waals surface area contributed by atoms with Crippen LogP contribution in [0.15, 0.2) is 53.7 Å². The van der Waals surface area contributed by atoms with Gasteiger partial charge in [0.2, 0.25) is 0 Å². The number of hydrogen-bond acceptors (Lipinski definition) is 6. The molecule has 9 nitrogen and oxygen atoms in total. The van der Waals surface area contributed by atoms with Crippen molar-refractivity contribution < 1.29 is 14.6 Å². The van der Waals surface area contributed by atoms with Crippen molar-refractivity contribution in [2.45, 2.75) is 63.6 Å². The minimum Gasteiger partial charge on any atom is -0.446 e. The molecule has 1 aliphatic carbocycles.